The van der Waals surface area contributed by atoms with Crippen molar-refractivity contribution in [1.29, 1.82) is 0 Å². The summed E-state index contributed by atoms with van der Waals surface area (Å²) in [4.78, 5) is 4.27. The number of nitrogens with zero attached hydrogens (tertiary/aromatic N) is 2. The maximum atomic E-state index is 5.84. The van der Waals surface area contributed by atoms with Crippen molar-refractivity contribution < 1.29 is 9.26 Å². The van der Waals surface area contributed by atoms with E-state index in [4.69, 9.17) is 9.26 Å². The average molecular weight is 407 g/mol. The molecule has 3 aromatic rings. The Morgan fingerprint density at radius 2 is 1.63 bits per heavy atom. The Morgan fingerprint density at radius 1 is 0.933 bits per heavy atom. The first-order valence-electron chi connectivity index (χ1n) is 10.2. The Morgan fingerprint density at radius 3 is 2.37 bits per heavy atom. The zero-order valence-corrected chi connectivity index (χ0v) is 17.9. The second-order valence-electron chi connectivity index (χ2n) is 7.45. The minimum absolute atomic E-state index is 0.351. The highest BCUT2D eigenvalue weighted by Gasteiger charge is 2.08. The van der Waals surface area contributed by atoms with Gasteiger partial charge in [0, 0.05) is 19.7 Å². The summed E-state index contributed by atoms with van der Waals surface area (Å²) in [6, 6.07) is 20.6. The van der Waals surface area contributed by atoms with E-state index in [-0.39, 0.29) is 0 Å². The van der Waals surface area contributed by atoms with Gasteiger partial charge < -0.3 is 19.9 Å². The molecule has 2 N–H and O–H groups in total. The molecule has 0 aliphatic heterocycles. The molecule has 0 aliphatic rings. The van der Waals surface area contributed by atoms with Crippen LogP contribution >= 0.6 is 0 Å². The fourth-order valence-corrected chi connectivity index (χ4v) is 2.95. The lowest BCUT2D eigenvalue weighted by molar-refractivity contribution is 0.107. The minimum Gasteiger partial charge on any atom is -0.372 e. The SMILES string of the molecule is CN=C(NCc1cccc(COCc2ccccc2)c1)NCc1cc(C(C)C)no1. The molecular weight excluding hydrogens is 376 g/mol. The van der Waals surface area contributed by atoms with E-state index in [2.05, 4.69) is 71.0 Å². The van der Waals surface area contributed by atoms with Gasteiger partial charge in [0.25, 0.3) is 0 Å². The standard InChI is InChI=1S/C24H30N4O2/c1-18(2)23-13-22(30-28-23)15-27-24(25-3)26-14-20-10-7-11-21(12-20)17-29-16-19-8-5-4-6-9-19/h4-13,18H,14-17H2,1-3H3,(H2,25,26,27). The first-order chi connectivity index (χ1) is 14.6. The normalized spacial score (nSPS) is 11.7. The van der Waals surface area contributed by atoms with Crippen molar-refractivity contribution in [3.8, 4) is 0 Å². The molecule has 0 unspecified atom stereocenters. The van der Waals surface area contributed by atoms with Crippen molar-refractivity contribution in [1.82, 2.24) is 15.8 Å². The summed E-state index contributed by atoms with van der Waals surface area (Å²) in [6.45, 7) is 6.58. The molecule has 3 rings (SSSR count). The molecule has 0 aliphatic carbocycles. The van der Waals surface area contributed by atoms with Crippen LogP contribution in [0.25, 0.3) is 0 Å². The molecule has 0 bridgehead atoms. The number of nitrogens with one attached hydrogen (secondary N) is 2. The number of ether oxygens (including phenoxy) is 1. The molecule has 158 valence electrons. The van der Waals surface area contributed by atoms with E-state index in [0.29, 0.717) is 38.2 Å². The lowest BCUT2D eigenvalue weighted by Crippen LogP contribution is -2.36. The van der Waals surface area contributed by atoms with Gasteiger partial charge in [-0.1, -0.05) is 73.6 Å². The summed E-state index contributed by atoms with van der Waals surface area (Å²) in [5.41, 5.74) is 4.45. The van der Waals surface area contributed by atoms with Crippen molar-refractivity contribution in [3.05, 3.63) is 88.8 Å². The first-order valence-corrected chi connectivity index (χ1v) is 10.2. The third kappa shape index (κ3) is 6.74. The van der Waals surface area contributed by atoms with Crippen LogP contribution in [0.4, 0.5) is 0 Å². The summed E-state index contributed by atoms with van der Waals surface area (Å²) in [5.74, 6) is 1.85. The van der Waals surface area contributed by atoms with E-state index in [1.54, 1.807) is 7.05 Å². The quantitative estimate of drug-likeness (QED) is 0.408. The van der Waals surface area contributed by atoms with Crippen LogP contribution in [0.2, 0.25) is 0 Å². The summed E-state index contributed by atoms with van der Waals surface area (Å²) in [6.07, 6.45) is 0. The molecule has 1 heterocycles. The summed E-state index contributed by atoms with van der Waals surface area (Å²) in [7, 11) is 1.75. The van der Waals surface area contributed by atoms with Crippen LogP contribution < -0.4 is 10.6 Å². The fraction of sp³-hybridized carbons (Fsp3) is 0.333. The highest BCUT2D eigenvalue weighted by molar-refractivity contribution is 5.79. The largest absolute Gasteiger partial charge is 0.372 e. The monoisotopic (exact) mass is 406 g/mol. The van der Waals surface area contributed by atoms with E-state index in [0.717, 1.165) is 17.0 Å². The number of guanidine groups is 1. The Hall–Kier alpha value is -3.12. The van der Waals surface area contributed by atoms with Crippen LogP contribution in [-0.2, 0) is 31.0 Å². The van der Waals surface area contributed by atoms with Crippen molar-refractivity contribution >= 4 is 5.96 Å². The topological polar surface area (TPSA) is 71.7 Å². The second kappa shape index (κ2) is 11.2. The lowest BCUT2D eigenvalue weighted by atomic mass is 10.1. The number of hydrogen-bond donors (Lipinski definition) is 2. The van der Waals surface area contributed by atoms with Crippen LogP contribution in [0.1, 0.15) is 47.9 Å². The first kappa shape index (κ1) is 21.6. The molecule has 2 aromatic carbocycles. The Kier molecular flexibility index (Phi) is 8.03. The number of aliphatic imine (C=N–C) groups is 1. The zero-order valence-electron chi connectivity index (χ0n) is 17.9. The molecule has 1 aromatic heterocycles. The highest BCUT2D eigenvalue weighted by Crippen LogP contribution is 2.13. The van der Waals surface area contributed by atoms with Crippen molar-refractivity contribution in [3.63, 3.8) is 0 Å². The summed E-state index contributed by atoms with van der Waals surface area (Å²) >= 11 is 0. The molecule has 0 fully saturated rings. The highest BCUT2D eigenvalue weighted by atomic mass is 16.5. The maximum absolute atomic E-state index is 5.84. The van der Waals surface area contributed by atoms with E-state index >= 15 is 0 Å². The summed E-state index contributed by atoms with van der Waals surface area (Å²) in [5, 5.41) is 10.7. The zero-order chi connectivity index (χ0) is 21.2. The number of benzene rings is 2. The van der Waals surface area contributed by atoms with Crippen LogP contribution in [0, 0.1) is 0 Å². The van der Waals surface area contributed by atoms with Crippen molar-refractivity contribution in [2.24, 2.45) is 4.99 Å². The molecule has 0 saturated heterocycles. The van der Waals surface area contributed by atoms with E-state index in [1.807, 2.05) is 24.3 Å². The molecule has 0 amide bonds. The lowest BCUT2D eigenvalue weighted by Gasteiger charge is -2.12. The van der Waals surface area contributed by atoms with Crippen molar-refractivity contribution in [2.45, 2.75) is 46.1 Å². The summed E-state index contributed by atoms with van der Waals surface area (Å²) < 4.78 is 11.2. The molecule has 0 atom stereocenters. The fourth-order valence-electron chi connectivity index (χ4n) is 2.95. The van der Waals surface area contributed by atoms with Gasteiger partial charge in [-0.25, -0.2) is 0 Å². The number of rotatable bonds is 9. The van der Waals surface area contributed by atoms with E-state index < -0.39 is 0 Å². The van der Waals surface area contributed by atoms with Crippen LogP contribution in [0.15, 0.2) is 70.2 Å². The van der Waals surface area contributed by atoms with Gasteiger partial charge in [-0.3, -0.25) is 4.99 Å². The van der Waals surface area contributed by atoms with Gasteiger partial charge >= 0.3 is 0 Å². The van der Waals surface area contributed by atoms with Gasteiger partial charge in [-0.15, -0.1) is 0 Å². The molecule has 0 radical (unpaired) electrons. The Bertz CT molecular complexity index is 935. The molecule has 0 saturated carbocycles. The Balaban J connectivity index is 1.45. The molecular formula is C24H30N4O2. The van der Waals surface area contributed by atoms with Gasteiger partial charge in [0.1, 0.15) is 0 Å². The van der Waals surface area contributed by atoms with Crippen molar-refractivity contribution in [2.75, 3.05) is 7.05 Å². The second-order valence-corrected chi connectivity index (χ2v) is 7.45. The molecule has 6 heteroatoms. The number of hydrogen-bond acceptors (Lipinski definition) is 4. The van der Waals surface area contributed by atoms with Gasteiger partial charge in [-0.05, 0) is 22.6 Å². The predicted molar refractivity (Wildman–Crippen MR) is 119 cm³/mol. The number of aromatic nitrogens is 1. The molecule has 6 nitrogen and oxygen atoms in total. The van der Waals surface area contributed by atoms with Crippen LogP contribution in [0.5, 0.6) is 0 Å². The van der Waals surface area contributed by atoms with Gasteiger partial charge in [0.15, 0.2) is 11.7 Å². The minimum atomic E-state index is 0.351. The van der Waals surface area contributed by atoms with Gasteiger partial charge in [0.05, 0.1) is 25.5 Å². The third-order valence-corrected chi connectivity index (χ3v) is 4.65. The Labute approximate surface area is 178 Å². The van der Waals surface area contributed by atoms with Gasteiger partial charge in [-0.2, -0.15) is 0 Å². The van der Waals surface area contributed by atoms with Gasteiger partial charge in [0.2, 0.25) is 0 Å². The third-order valence-electron chi connectivity index (χ3n) is 4.65. The smallest absolute Gasteiger partial charge is 0.191 e. The average Bonchev–Trinajstić information content (AvgIpc) is 3.24. The van der Waals surface area contributed by atoms with E-state index in [1.165, 1.54) is 11.1 Å². The molecule has 0 spiro atoms. The maximum Gasteiger partial charge on any atom is 0.191 e. The predicted octanol–water partition coefficient (Wildman–Crippen LogP) is 4.38. The van der Waals surface area contributed by atoms with Crippen LogP contribution in [0.3, 0.4) is 0 Å². The van der Waals surface area contributed by atoms with E-state index in [9.17, 15) is 0 Å². The van der Waals surface area contributed by atoms with Crippen LogP contribution in [-0.4, -0.2) is 18.2 Å². The molecule has 30 heavy (non-hydrogen) atoms.